The lowest BCUT2D eigenvalue weighted by atomic mass is 10.1. The summed E-state index contributed by atoms with van der Waals surface area (Å²) >= 11 is 0. The number of benzene rings is 2. The van der Waals surface area contributed by atoms with Crippen molar-refractivity contribution in [1.82, 2.24) is 10.2 Å². The summed E-state index contributed by atoms with van der Waals surface area (Å²) in [5.74, 6) is 1.25. The van der Waals surface area contributed by atoms with Gasteiger partial charge in [0.2, 0.25) is 0 Å². The molecule has 4 rings (SSSR count). The van der Waals surface area contributed by atoms with Crippen LogP contribution in [0.1, 0.15) is 24.0 Å². The number of aliphatic imine (C=N–C) groups is 1. The Morgan fingerprint density at radius 1 is 1.06 bits per heavy atom. The minimum absolute atomic E-state index is 0.306. The molecule has 2 aromatic rings. The Balaban J connectivity index is 1.26. The summed E-state index contributed by atoms with van der Waals surface area (Å²) in [6.45, 7) is 6.36. The van der Waals surface area contributed by atoms with E-state index in [0.717, 1.165) is 70.4 Å². The highest BCUT2D eigenvalue weighted by atomic mass is 16.5. The van der Waals surface area contributed by atoms with Gasteiger partial charge in [-0.05, 0) is 36.1 Å². The van der Waals surface area contributed by atoms with Crippen molar-refractivity contribution in [2.24, 2.45) is 4.99 Å². The third-order valence-corrected chi connectivity index (χ3v) is 6.11. The number of guanidine groups is 1. The molecule has 0 bridgehead atoms. The minimum atomic E-state index is 0.306. The summed E-state index contributed by atoms with van der Waals surface area (Å²) in [5, 5.41) is 13.6. The van der Waals surface area contributed by atoms with Crippen LogP contribution in [-0.4, -0.2) is 68.5 Å². The van der Waals surface area contributed by atoms with Gasteiger partial charge in [-0.2, -0.15) is 0 Å². The van der Waals surface area contributed by atoms with Crippen LogP contribution in [-0.2, 0) is 22.6 Å². The number of phenolic OH excluding ortho intramolecular Hbond substituents is 1. The van der Waals surface area contributed by atoms with Crippen LogP contribution in [0.5, 0.6) is 5.75 Å². The lowest BCUT2D eigenvalue weighted by molar-refractivity contribution is -0.0390. The van der Waals surface area contributed by atoms with Crippen LogP contribution >= 0.6 is 0 Å². The van der Waals surface area contributed by atoms with Crippen molar-refractivity contribution in [1.29, 1.82) is 0 Å². The average molecular weight is 439 g/mol. The topological polar surface area (TPSA) is 69.6 Å². The van der Waals surface area contributed by atoms with Crippen LogP contribution in [0.25, 0.3) is 0 Å². The van der Waals surface area contributed by atoms with E-state index in [9.17, 15) is 5.11 Å². The molecule has 0 aliphatic carbocycles. The largest absolute Gasteiger partial charge is 0.506 e. The van der Waals surface area contributed by atoms with Gasteiger partial charge in [-0.1, -0.05) is 36.4 Å². The third kappa shape index (κ3) is 5.93. The first kappa shape index (κ1) is 22.4. The van der Waals surface area contributed by atoms with E-state index < -0.39 is 0 Å². The summed E-state index contributed by atoms with van der Waals surface area (Å²) in [6.07, 6.45) is 2.27. The van der Waals surface area contributed by atoms with Crippen molar-refractivity contribution >= 4 is 11.6 Å². The lowest BCUT2D eigenvalue weighted by Gasteiger charge is -2.37. The van der Waals surface area contributed by atoms with Gasteiger partial charge in [-0.3, -0.25) is 4.99 Å². The van der Waals surface area contributed by atoms with Crippen LogP contribution in [0.4, 0.5) is 5.69 Å². The van der Waals surface area contributed by atoms with Crippen LogP contribution < -0.4 is 10.2 Å². The highest BCUT2D eigenvalue weighted by Crippen LogP contribution is 2.27. The summed E-state index contributed by atoms with van der Waals surface area (Å²) in [4.78, 5) is 8.98. The van der Waals surface area contributed by atoms with Crippen LogP contribution in [0.2, 0.25) is 0 Å². The number of nitrogens with zero attached hydrogens (tertiary/aromatic N) is 3. The molecule has 2 aliphatic heterocycles. The standard InChI is InChI=1S/C25H34N4O3/c1-26-25(29-13-11-28(12-14-29)23-7-2-3-8-24(23)30)27-18-20-5-4-6-21(17-20)19-32-22-9-15-31-16-10-22/h2-8,17,22,30H,9-16,18-19H2,1H3,(H,26,27). The zero-order valence-corrected chi connectivity index (χ0v) is 18.9. The number of hydrogen-bond acceptors (Lipinski definition) is 5. The average Bonchev–Trinajstić information content (AvgIpc) is 2.85. The van der Waals surface area contributed by atoms with E-state index >= 15 is 0 Å². The van der Waals surface area contributed by atoms with E-state index in [1.807, 2.05) is 25.2 Å². The summed E-state index contributed by atoms with van der Waals surface area (Å²) in [5.41, 5.74) is 3.31. The molecule has 2 heterocycles. The number of para-hydroxylation sites is 2. The van der Waals surface area contributed by atoms with Crippen LogP contribution in [0.15, 0.2) is 53.5 Å². The molecule has 0 atom stereocenters. The molecule has 0 unspecified atom stereocenters. The second-order valence-electron chi connectivity index (χ2n) is 8.31. The fourth-order valence-electron chi connectivity index (χ4n) is 4.29. The monoisotopic (exact) mass is 438 g/mol. The first-order valence-electron chi connectivity index (χ1n) is 11.5. The molecule has 32 heavy (non-hydrogen) atoms. The van der Waals surface area contributed by atoms with E-state index in [0.29, 0.717) is 18.5 Å². The predicted octanol–water partition coefficient (Wildman–Crippen LogP) is 2.99. The Bertz CT molecular complexity index is 890. The molecule has 2 aliphatic rings. The van der Waals surface area contributed by atoms with E-state index in [4.69, 9.17) is 9.47 Å². The SMILES string of the molecule is CN=C(NCc1cccc(COC2CCOCC2)c1)N1CCN(c2ccccc2O)CC1. The van der Waals surface area contributed by atoms with Crippen molar-refractivity contribution in [3.63, 3.8) is 0 Å². The lowest BCUT2D eigenvalue weighted by Crippen LogP contribution is -2.52. The van der Waals surface area contributed by atoms with Crippen molar-refractivity contribution < 1.29 is 14.6 Å². The molecule has 7 nitrogen and oxygen atoms in total. The highest BCUT2D eigenvalue weighted by Gasteiger charge is 2.21. The number of nitrogens with one attached hydrogen (secondary N) is 1. The van der Waals surface area contributed by atoms with Crippen molar-refractivity contribution in [3.8, 4) is 5.75 Å². The molecular formula is C25H34N4O3. The molecular weight excluding hydrogens is 404 g/mol. The fraction of sp³-hybridized carbons (Fsp3) is 0.480. The zero-order valence-electron chi connectivity index (χ0n) is 18.9. The van der Waals surface area contributed by atoms with Gasteiger partial charge < -0.3 is 29.7 Å². The predicted molar refractivity (Wildman–Crippen MR) is 127 cm³/mol. The number of anilines is 1. The van der Waals surface area contributed by atoms with Crippen LogP contribution in [0, 0.1) is 0 Å². The van der Waals surface area contributed by atoms with E-state index in [1.165, 1.54) is 11.1 Å². The summed E-state index contributed by atoms with van der Waals surface area (Å²) in [6, 6.07) is 16.1. The van der Waals surface area contributed by atoms with Crippen molar-refractivity contribution in [2.45, 2.75) is 32.1 Å². The van der Waals surface area contributed by atoms with Crippen molar-refractivity contribution in [2.75, 3.05) is 51.3 Å². The third-order valence-electron chi connectivity index (χ3n) is 6.11. The summed E-state index contributed by atoms with van der Waals surface area (Å²) < 4.78 is 11.5. The Labute approximate surface area is 190 Å². The van der Waals surface area contributed by atoms with E-state index in [2.05, 4.69) is 44.4 Å². The minimum Gasteiger partial charge on any atom is -0.506 e. The second-order valence-corrected chi connectivity index (χ2v) is 8.31. The van der Waals surface area contributed by atoms with Crippen LogP contribution in [0.3, 0.4) is 0 Å². The highest BCUT2D eigenvalue weighted by molar-refractivity contribution is 5.80. The summed E-state index contributed by atoms with van der Waals surface area (Å²) in [7, 11) is 1.83. The number of rotatable bonds is 6. The van der Waals surface area contributed by atoms with Gasteiger partial charge in [-0.15, -0.1) is 0 Å². The first-order chi connectivity index (χ1) is 15.7. The van der Waals surface area contributed by atoms with E-state index in [1.54, 1.807) is 6.07 Å². The maximum atomic E-state index is 10.1. The maximum Gasteiger partial charge on any atom is 0.194 e. The Kier molecular flexibility index (Phi) is 7.85. The number of piperazine rings is 1. The number of phenols is 1. The molecule has 2 saturated heterocycles. The fourth-order valence-corrected chi connectivity index (χ4v) is 4.29. The molecule has 172 valence electrons. The Hall–Kier alpha value is -2.77. The van der Waals surface area contributed by atoms with Gasteiger partial charge in [0.05, 0.1) is 18.4 Å². The molecule has 0 aromatic heterocycles. The number of ether oxygens (including phenoxy) is 2. The van der Waals surface area contributed by atoms with Gasteiger partial charge >= 0.3 is 0 Å². The molecule has 0 radical (unpaired) electrons. The normalized spacial score (nSPS) is 18.1. The van der Waals surface area contributed by atoms with Gasteiger partial charge in [0.15, 0.2) is 5.96 Å². The first-order valence-corrected chi connectivity index (χ1v) is 11.5. The van der Waals surface area contributed by atoms with Crippen molar-refractivity contribution in [3.05, 3.63) is 59.7 Å². The zero-order chi connectivity index (χ0) is 22.2. The van der Waals surface area contributed by atoms with Gasteiger partial charge in [-0.25, -0.2) is 0 Å². The quantitative estimate of drug-likeness (QED) is 0.534. The number of aromatic hydroxyl groups is 1. The van der Waals surface area contributed by atoms with Gasteiger partial charge in [0.25, 0.3) is 0 Å². The Morgan fingerprint density at radius 3 is 2.56 bits per heavy atom. The van der Waals surface area contributed by atoms with Gasteiger partial charge in [0.1, 0.15) is 5.75 Å². The maximum absolute atomic E-state index is 10.1. The Morgan fingerprint density at radius 2 is 1.81 bits per heavy atom. The smallest absolute Gasteiger partial charge is 0.194 e. The number of hydrogen-bond donors (Lipinski definition) is 2. The van der Waals surface area contributed by atoms with E-state index in [-0.39, 0.29) is 0 Å². The molecule has 7 heteroatoms. The molecule has 2 N–H and O–H groups in total. The second kappa shape index (κ2) is 11.2. The molecule has 2 fully saturated rings. The molecule has 2 aromatic carbocycles. The molecule has 0 saturated carbocycles. The molecule has 0 spiro atoms. The molecule has 0 amide bonds. The van der Waals surface area contributed by atoms with Gasteiger partial charge in [0, 0.05) is 53.0 Å².